The SMILES string of the molecule is COCc1ccc(NC(=O)NCc2ccc(CN3CCC(O)CC3)cc2)cc1. The number of ether oxygens (including phenoxy) is 1. The van der Waals surface area contributed by atoms with E-state index in [9.17, 15) is 9.90 Å². The number of hydrogen-bond donors (Lipinski definition) is 3. The van der Waals surface area contributed by atoms with Gasteiger partial charge in [0.25, 0.3) is 0 Å². The predicted octanol–water partition coefficient (Wildman–Crippen LogP) is 3.11. The molecule has 2 amide bonds. The highest BCUT2D eigenvalue weighted by Gasteiger charge is 2.16. The number of amides is 2. The zero-order valence-electron chi connectivity index (χ0n) is 16.4. The van der Waals surface area contributed by atoms with Crippen LogP contribution >= 0.6 is 0 Å². The summed E-state index contributed by atoms with van der Waals surface area (Å²) in [6.07, 6.45) is 1.57. The molecular weight excluding hydrogens is 354 g/mol. The van der Waals surface area contributed by atoms with Gasteiger partial charge in [-0.3, -0.25) is 4.90 Å². The molecule has 6 heteroatoms. The fourth-order valence-corrected chi connectivity index (χ4v) is 3.31. The van der Waals surface area contributed by atoms with Crippen LogP contribution in [-0.2, 0) is 24.4 Å². The van der Waals surface area contributed by atoms with Gasteiger partial charge in [0.15, 0.2) is 0 Å². The summed E-state index contributed by atoms with van der Waals surface area (Å²) in [7, 11) is 1.66. The van der Waals surface area contributed by atoms with Crippen molar-refractivity contribution in [3.05, 3.63) is 65.2 Å². The Morgan fingerprint density at radius 1 is 1.04 bits per heavy atom. The maximum absolute atomic E-state index is 12.1. The summed E-state index contributed by atoms with van der Waals surface area (Å²) in [5.41, 5.74) is 4.12. The van der Waals surface area contributed by atoms with Crippen LogP contribution in [-0.4, -0.2) is 42.3 Å². The molecule has 0 spiro atoms. The lowest BCUT2D eigenvalue weighted by molar-refractivity contribution is 0.0792. The van der Waals surface area contributed by atoms with Crippen molar-refractivity contribution in [1.82, 2.24) is 10.2 Å². The van der Waals surface area contributed by atoms with Gasteiger partial charge >= 0.3 is 6.03 Å². The van der Waals surface area contributed by atoms with Gasteiger partial charge in [-0.05, 0) is 41.7 Å². The first-order valence-corrected chi connectivity index (χ1v) is 9.73. The monoisotopic (exact) mass is 383 g/mol. The van der Waals surface area contributed by atoms with E-state index in [2.05, 4.69) is 27.7 Å². The van der Waals surface area contributed by atoms with Crippen molar-refractivity contribution in [2.75, 3.05) is 25.5 Å². The summed E-state index contributed by atoms with van der Waals surface area (Å²) >= 11 is 0. The zero-order valence-corrected chi connectivity index (χ0v) is 16.4. The van der Waals surface area contributed by atoms with E-state index in [0.717, 1.165) is 49.3 Å². The van der Waals surface area contributed by atoms with Crippen molar-refractivity contribution in [2.24, 2.45) is 0 Å². The van der Waals surface area contributed by atoms with E-state index in [4.69, 9.17) is 4.74 Å². The fourth-order valence-electron chi connectivity index (χ4n) is 3.31. The number of anilines is 1. The van der Waals surface area contributed by atoms with Gasteiger partial charge in [0.05, 0.1) is 12.7 Å². The lowest BCUT2D eigenvalue weighted by atomic mass is 10.1. The predicted molar refractivity (Wildman–Crippen MR) is 110 cm³/mol. The van der Waals surface area contributed by atoms with Crippen LogP contribution in [0.4, 0.5) is 10.5 Å². The van der Waals surface area contributed by atoms with Gasteiger partial charge in [0.2, 0.25) is 0 Å². The number of aliphatic hydroxyl groups is 1. The summed E-state index contributed by atoms with van der Waals surface area (Å²) in [5.74, 6) is 0. The van der Waals surface area contributed by atoms with Crippen molar-refractivity contribution in [1.29, 1.82) is 0 Å². The topological polar surface area (TPSA) is 73.8 Å². The van der Waals surface area contributed by atoms with Crippen LogP contribution in [0.3, 0.4) is 0 Å². The van der Waals surface area contributed by atoms with Gasteiger partial charge < -0.3 is 20.5 Å². The molecule has 0 radical (unpaired) electrons. The number of benzene rings is 2. The Kier molecular flexibility index (Phi) is 7.42. The standard InChI is InChI=1S/C22H29N3O3/c1-28-16-19-6-8-20(9-7-19)24-22(27)23-14-17-2-4-18(5-3-17)15-25-12-10-21(26)11-13-25/h2-9,21,26H,10-16H2,1H3,(H2,23,24,27). The van der Waals surface area contributed by atoms with Gasteiger partial charge in [-0.25, -0.2) is 4.79 Å². The molecule has 3 N–H and O–H groups in total. The smallest absolute Gasteiger partial charge is 0.319 e. The molecule has 3 rings (SSSR count). The average molecular weight is 383 g/mol. The van der Waals surface area contributed by atoms with Crippen molar-refractivity contribution < 1.29 is 14.6 Å². The highest BCUT2D eigenvalue weighted by molar-refractivity contribution is 5.89. The Morgan fingerprint density at radius 3 is 2.29 bits per heavy atom. The normalized spacial score (nSPS) is 15.4. The van der Waals surface area contributed by atoms with Crippen LogP contribution in [0, 0.1) is 0 Å². The quantitative estimate of drug-likeness (QED) is 0.687. The Morgan fingerprint density at radius 2 is 1.64 bits per heavy atom. The molecule has 1 aliphatic heterocycles. The third-order valence-electron chi connectivity index (χ3n) is 4.96. The van der Waals surface area contributed by atoms with Crippen molar-refractivity contribution in [2.45, 2.75) is 38.6 Å². The van der Waals surface area contributed by atoms with E-state index in [-0.39, 0.29) is 12.1 Å². The Labute approximate surface area is 166 Å². The molecule has 2 aromatic carbocycles. The van der Waals surface area contributed by atoms with E-state index in [1.54, 1.807) is 7.11 Å². The highest BCUT2D eigenvalue weighted by atomic mass is 16.5. The molecule has 150 valence electrons. The van der Waals surface area contributed by atoms with Gasteiger partial charge in [-0.1, -0.05) is 36.4 Å². The summed E-state index contributed by atoms with van der Waals surface area (Å²) in [6.45, 7) is 3.82. The second-order valence-electron chi connectivity index (χ2n) is 7.26. The molecule has 2 aromatic rings. The molecule has 0 aromatic heterocycles. The van der Waals surface area contributed by atoms with Crippen LogP contribution in [0.15, 0.2) is 48.5 Å². The first-order chi connectivity index (χ1) is 13.6. The summed E-state index contributed by atoms with van der Waals surface area (Å²) < 4.78 is 5.08. The molecule has 0 atom stereocenters. The Balaban J connectivity index is 1.42. The molecule has 1 saturated heterocycles. The molecule has 1 aliphatic rings. The second-order valence-corrected chi connectivity index (χ2v) is 7.26. The molecule has 0 unspecified atom stereocenters. The molecule has 0 saturated carbocycles. The number of likely N-dealkylation sites (tertiary alicyclic amines) is 1. The number of nitrogens with zero attached hydrogens (tertiary/aromatic N) is 1. The minimum atomic E-state index is -0.226. The van der Waals surface area contributed by atoms with Gasteiger partial charge in [-0.2, -0.15) is 0 Å². The second kappa shape index (κ2) is 10.2. The number of carbonyl (C=O) groups excluding carboxylic acids is 1. The average Bonchev–Trinajstić information content (AvgIpc) is 2.71. The first kappa shape index (κ1) is 20.3. The first-order valence-electron chi connectivity index (χ1n) is 9.73. The largest absolute Gasteiger partial charge is 0.393 e. The number of rotatable bonds is 7. The van der Waals surface area contributed by atoms with Crippen molar-refractivity contribution in [3.8, 4) is 0 Å². The molecule has 6 nitrogen and oxygen atoms in total. The summed E-state index contributed by atoms with van der Waals surface area (Å²) in [5, 5.41) is 15.3. The van der Waals surface area contributed by atoms with E-state index in [1.165, 1.54) is 5.56 Å². The summed E-state index contributed by atoms with van der Waals surface area (Å²) in [4.78, 5) is 14.4. The fraction of sp³-hybridized carbons (Fsp3) is 0.409. The van der Waals surface area contributed by atoms with E-state index in [0.29, 0.717) is 13.2 Å². The van der Waals surface area contributed by atoms with Crippen LogP contribution < -0.4 is 10.6 Å². The minimum absolute atomic E-state index is 0.140. The minimum Gasteiger partial charge on any atom is -0.393 e. The van der Waals surface area contributed by atoms with E-state index in [1.807, 2.05) is 36.4 Å². The number of nitrogens with one attached hydrogen (secondary N) is 2. The van der Waals surface area contributed by atoms with Gasteiger partial charge in [0, 0.05) is 39.0 Å². The number of aliphatic hydroxyl groups excluding tert-OH is 1. The summed E-state index contributed by atoms with van der Waals surface area (Å²) in [6, 6.07) is 15.7. The van der Waals surface area contributed by atoms with Gasteiger partial charge in [-0.15, -0.1) is 0 Å². The molecular formula is C22H29N3O3. The maximum atomic E-state index is 12.1. The van der Waals surface area contributed by atoms with Gasteiger partial charge in [0.1, 0.15) is 0 Å². The molecule has 1 heterocycles. The van der Waals surface area contributed by atoms with Crippen LogP contribution in [0.2, 0.25) is 0 Å². The van der Waals surface area contributed by atoms with E-state index < -0.39 is 0 Å². The lowest BCUT2D eigenvalue weighted by Crippen LogP contribution is -2.35. The molecule has 0 bridgehead atoms. The highest BCUT2D eigenvalue weighted by Crippen LogP contribution is 2.14. The lowest BCUT2D eigenvalue weighted by Gasteiger charge is -2.29. The zero-order chi connectivity index (χ0) is 19.8. The van der Waals surface area contributed by atoms with Crippen LogP contribution in [0.1, 0.15) is 29.5 Å². The van der Waals surface area contributed by atoms with Crippen molar-refractivity contribution in [3.63, 3.8) is 0 Å². The number of piperidine rings is 1. The third-order valence-corrected chi connectivity index (χ3v) is 4.96. The number of methoxy groups -OCH3 is 1. The number of hydrogen-bond acceptors (Lipinski definition) is 4. The van der Waals surface area contributed by atoms with Crippen molar-refractivity contribution >= 4 is 11.7 Å². The maximum Gasteiger partial charge on any atom is 0.319 e. The Bertz CT molecular complexity index is 739. The number of urea groups is 1. The third kappa shape index (κ3) is 6.34. The van der Waals surface area contributed by atoms with E-state index >= 15 is 0 Å². The number of carbonyl (C=O) groups is 1. The molecule has 1 fully saturated rings. The van der Waals surface area contributed by atoms with Crippen LogP contribution in [0.25, 0.3) is 0 Å². The Hall–Kier alpha value is -2.41. The van der Waals surface area contributed by atoms with Crippen LogP contribution in [0.5, 0.6) is 0 Å². The molecule has 0 aliphatic carbocycles. The molecule has 28 heavy (non-hydrogen) atoms.